The summed E-state index contributed by atoms with van der Waals surface area (Å²) in [6.07, 6.45) is 6.42. The van der Waals surface area contributed by atoms with Gasteiger partial charge in [-0.2, -0.15) is 0 Å². The second-order valence-electron chi connectivity index (χ2n) is 9.31. The fourth-order valence-electron chi connectivity index (χ4n) is 5.89. The molecule has 3 fully saturated rings. The molecule has 4 rings (SSSR count). The maximum Gasteiger partial charge on any atom is 0.176 e. The number of halogens is 3. The van der Waals surface area contributed by atoms with E-state index >= 15 is 0 Å². The summed E-state index contributed by atoms with van der Waals surface area (Å²) >= 11 is 0. The maximum absolute atomic E-state index is 14.0. The zero-order chi connectivity index (χ0) is 22.3. The van der Waals surface area contributed by atoms with Crippen LogP contribution in [0.3, 0.4) is 0 Å². The molecule has 2 bridgehead atoms. The summed E-state index contributed by atoms with van der Waals surface area (Å²) < 4.78 is 67.0. The molecule has 0 aromatic heterocycles. The molecule has 1 aromatic rings. The lowest BCUT2D eigenvalue weighted by molar-refractivity contribution is -0.111. The molecule has 4 atom stereocenters. The van der Waals surface area contributed by atoms with E-state index in [1.807, 2.05) is 4.90 Å². The average Bonchev–Trinajstić information content (AvgIpc) is 3.34. The second kappa shape index (κ2) is 8.83. The highest BCUT2D eigenvalue weighted by Gasteiger charge is 2.50. The number of hydrogen-bond donors (Lipinski definition) is 1. The highest BCUT2D eigenvalue weighted by Crippen LogP contribution is 2.43. The average molecular weight is 459 g/mol. The van der Waals surface area contributed by atoms with Crippen LogP contribution in [0.15, 0.2) is 12.1 Å². The van der Waals surface area contributed by atoms with E-state index in [1.165, 1.54) is 0 Å². The Morgan fingerprint density at radius 1 is 1.00 bits per heavy atom. The number of carbonyl (C=O) groups excluding carboxylic acids is 1. The molecule has 9 heteroatoms. The van der Waals surface area contributed by atoms with Gasteiger partial charge in [0.2, 0.25) is 0 Å². The first-order chi connectivity index (χ1) is 14.7. The summed E-state index contributed by atoms with van der Waals surface area (Å²) in [5.41, 5.74) is 6.38. The van der Waals surface area contributed by atoms with Crippen molar-refractivity contribution in [1.29, 1.82) is 0 Å². The van der Waals surface area contributed by atoms with E-state index in [4.69, 9.17) is 5.73 Å². The first-order valence-corrected chi connectivity index (χ1v) is 12.7. The highest BCUT2D eigenvalue weighted by atomic mass is 32.2. The molecule has 1 aromatic carbocycles. The predicted octanol–water partition coefficient (Wildman–Crippen LogP) is 3.10. The molecular formula is C22H29F3N2O3S. The van der Waals surface area contributed by atoms with Crippen LogP contribution in [0, 0.1) is 23.4 Å². The Bertz CT molecular complexity index is 922. The number of hydrogen-bond acceptors (Lipinski definition) is 5. The summed E-state index contributed by atoms with van der Waals surface area (Å²) in [5.74, 6) is -3.17. The van der Waals surface area contributed by atoms with E-state index in [0.717, 1.165) is 31.7 Å². The standard InChI is InChI=1S/C22H29F3N2O3S/c23-18-11-20(25)19(24)9-13(18)10-21(26)14-7-15-5-6-16(8-14)27(15)22(12-28)31(29,30)17-3-1-2-4-17/h9,11-12,14-17,21-22H,1-8,10,26H2. The Hall–Kier alpha value is -1.45. The van der Waals surface area contributed by atoms with Crippen LogP contribution in [0.1, 0.15) is 56.9 Å². The van der Waals surface area contributed by atoms with Crippen LogP contribution in [0.25, 0.3) is 0 Å². The molecule has 3 aliphatic rings. The molecule has 2 N–H and O–H groups in total. The van der Waals surface area contributed by atoms with Crippen LogP contribution in [0.4, 0.5) is 13.2 Å². The summed E-state index contributed by atoms with van der Waals surface area (Å²) in [4.78, 5) is 13.8. The Morgan fingerprint density at radius 3 is 2.16 bits per heavy atom. The number of fused-ring (bicyclic) bond motifs is 2. The van der Waals surface area contributed by atoms with Gasteiger partial charge in [0, 0.05) is 24.2 Å². The van der Waals surface area contributed by atoms with Gasteiger partial charge in [-0.25, -0.2) is 21.6 Å². The Morgan fingerprint density at radius 2 is 1.58 bits per heavy atom. The van der Waals surface area contributed by atoms with Gasteiger partial charge >= 0.3 is 0 Å². The minimum atomic E-state index is -3.58. The Labute approximate surface area is 181 Å². The van der Waals surface area contributed by atoms with Crippen molar-refractivity contribution in [3.63, 3.8) is 0 Å². The minimum absolute atomic E-state index is 0.0113. The van der Waals surface area contributed by atoms with Gasteiger partial charge in [-0.3, -0.25) is 4.90 Å². The number of sulfone groups is 1. The van der Waals surface area contributed by atoms with Gasteiger partial charge in [-0.15, -0.1) is 0 Å². The van der Waals surface area contributed by atoms with Gasteiger partial charge in [0.25, 0.3) is 0 Å². The first kappa shape index (κ1) is 22.7. The van der Waals surface area contributed by atoms with E-state index in [9.17, 15) is 26.4 Å². The monoisotopic (exact) mass is 458 g/mol. The van der Waals surface area contributed by atoms with Gasteiger partial charge < -0.3 is 10.5 Å². The minimum Gasteiger partial charge on any atom is -0.327 e. The number of benzene rings is 1. The second-order valence-corrected chi connectivity index (χ2v) is 11.6. The topological polar surface area (TPSA) is 80.5 Å². The summed E-state index contributed by atoms with van der Waals surface area (Å²) in [6, 6.07) is 0.773. The highest BCUT2D eigenvalue weighted by molar-refractivity contribution is 7.93. The third-order valence-corrected chi connectivity index (χ3v) is 9.92. The third kappa shape index (κ3) is 4.28. The van der Waals surface area contributed by atoms with Crippen molar-refractivity contribution in [3.8, 4) is 0 Å². The molecule has 2 heterocycles. The van der Waals surface area contributed by atoms with Crippen molar-refractivity contribution in [2.24, 2.45) is 11.7 Å². The van der Waals surface area contributed by atoms with Crippen molar-refractivity contribution in [2.45, 2.75) is 86.5 Å². The van der Waals surface area contributed by atoms with Crippen LogP contribution in [0.2, 0.25) is 0 Å². The molecule has 5 nitrogen and oxygen atoms in total. The summed E-state index contributed by atoms with van der Waals surface area (Å²) in [6.45, 7) is 0. The molecule has 1 aliphatic carbocycles. The molecular weight excluding hydrogens is 429 g/mol. The number of nitrogens with zero attached hydrogens (tertiary/aromatic N) is 1. The van der Waals surface area contributed by atoms with Gasteiger partial charge in [-0.05, 0) is 62.5 Å². The van der Waals surface area contributed by atoms with Crippen molar-refractivity contribution in [3.05, 3.63) is 35.1 Å². The van der Waals surface area contributed by atoms with Gasteiger partial charge in [0.15, 0.2) is 33.1 Å². The zero-order valence-electron chi connectivity index (χ0n) is 17.4. The lowest BCUT2D eigenvalue weighted by atomic mass is 9.82. The molecule has 4 unspecified atom stereocenters. The molecule has 2 saturated heterocycles. The molecule has 0 amide bonds. The fourth-order valence-corrected chi connectivity index (χ4v) is 8.12. The van der Waals surface area contributed by atoms with Crippen LogP contribution in [-0.2, 0) is 21.1 Å². The maximum atomic E-state index is 14.0. The fraction of sp³-hybridized carbons (Fsp3) is 0.682. The van der Waals surface area contributed by atoms with Crippen LogP contribution >= 0.6 is 0 Å². The van der Waals surface area contributed by atoms with Crippen molar-refractivity contribution in [1.82, 2.24) is 4.90 Å². The van der Waals surface area contributed by atoms with Gasteiger partial charge in [0.1, 0.15) is 5.82 Å². The lowest BCUT2D eigenvalue weighted by Gasteiger charge is -2.43. The van der Waals surface area contributed by atoms with E-state index in [0.29, 0.717) is 38.0 Å². The molecule has 2 aliphatic heterocycles. The SMILES string of the molecule is NC(Cc1cc(F)c(F)cc1F)C1CC2CCC(C1)N2C(C=O)S(=O)(=O)C1CCCC1. The number of aldehydes is 1. The van der Waals surface area contributed by atoms with Crippen molar-refractivity contribution < 1.29 is 26.4 Å². The quantitative estimate of drug-likeness (QED) is 0.502. The largest absolute Gasteiger partial charge is 0.327 e. The van der Waals surface area contributed by atoms with E-state index in [-0.39, 0.29) is 30.0 Å². The summed E-state index contributed by atoms with van der Waals surface area (Å²) in [7, 11) is -3.58. The molecule has 0 radical (unpaired) electrons. The van der Waals surface area contributed by atoms with Crippen molar-refractivity contribution in [2.75, 3.05) is 0 Å². The van der Waals surface area contributed by atoms with E-state index in [2.05, 4.69) is 0 Å². The Balaban J connectivity index is 1.47. The van der Waals surface area contributed by atoms with Crippen LogP contribution in [-0.4, -0.2) is 48.4 Å². The normalized spacial score (nSPS) is 29.2. The Kier molecular flexibility index (Phi) is 6.47. The number of carbonyl (C=O) groups is 1. The van der Waals surface area contributed by atoms with Gasteiger partial charge in [0.05, 0.1) is 5.25 Å². The molecule has 31 heavy (non-hydrogen) atoms. The predicted molar refractivity (Wildman–Crippen MR) is 110 cm³/mol. The van der Waals surface area contributed by atoms with Gasteiger partial charge in [-0.1, -0.05) is 12.8 Å². The van der Waals surface area contributed by atoms with Crippen LogP contribution in [0.5, 0.6) is 0 Å². The molecule has 1 saturated carbocycles. The lowest BCUT2D eigenvalue weighted by Crippen LogP contribution is -2.56. The molecule has 172 valence electrons. The van der Waals surface area contributed by atoms with Crippen molar-refractivity contribution >= 4 is 16.1 Å². The smallest absolute Gasteiger partial charge is 0.176 e. The van der Waals surface area contributed by atoms with Crippen LogP contribution < -0.4 is 5.73 Å². The zero-order valence-corrected chi connectivity index (χ0v) is 18.2. The number of rotatable bonds is 7. The van der Waals surface area contributed by atoms with E-state index in [1.54, 1.807) is 0 Å². The molecule has 0 spiro atoms. The first-order valence-electron chi connectivity index (χ1n) is 11.1. The van der Waals surface area contributed by atoms with E-state index < -0.39 is 44.0 Å². The summed E-state index contributed by atoms with van der Waals surface area (Å²) in [5, 5.41) is -1.56. The third-order valence-electron chi connectivity index (χ3n) is 7.49. The number of nitrogens with two attached hydrogens (primary N) is 1. The number of piperidine rings is 1.